The number of rotatable bonds is 6. The van der Waals surface area contributed by atoms with E-state index in [9.17, 15) is 12.8 Å². The molecule has 0 amide bonds. The zero-order valence-corrected chi connectivity index (χ0v) is 13.7. The summed E-state index contributed by atoms with van der Waals surface area (Å²) in [5.41, 5.74) is 0.905. The van der Waals surface area contributed by atoms with Gasteiger partial charge in [-0.05, 0) is 38.0 Å². The molecule has 0 unspecified atom stereocenters. The van der Waals surface area contributed by atoms with Crippen LogP contribution in [0.4, 0.5) is 4.39 Å². The third kappa shape index (κ3) is 3.59. The number of pyridine rings is 1. The average molecular weight is 334 g/mol. The fourth-order valence-corrected chi connectivity index (χ4v) is 4.78. The van der Waals surface area contributed by atoms with Crippen LogP contribution >= 0.6 is 0 Å². The minimum atomic E-state index is -3.63. The van der Waals surface area contributed by atoms with Crippen LogP contribution in [0.1, 0.15) is 37.1 Å². The van der Waals surface area contributed by atoms with E-state index in [1.807, 2.05) is 19.1 Å². The Labute approximate surface area is 136 Å². The first kappa shape index (κ1) is 16.1. The minimum Gasteiger partial charge on any atom is -0.260 e. The molecule has 1 heterocycles. The fourth-order valence-electron chi connectivity index (χ4n) is 2.75. The fraction of sp³-hybridized carbons (Fsp3) is 0.353. The summed E-state index contributed by atoms with van der Waals surface area (Å²) < 4.78 is 41.1. The number of benzene rings is 1. The molecule has 0 N–H and O–H groups in total. The first-order chi connectivity index (χ1) is 11.0. The van der Waals surface area contributed by atoms with Gasteiger partial charge in [-0.25, -0.2) is 12.8 Å². The molecule has 0 radical (unpaired) electrons. The lowest BCUT2D eigenvalue weighted by atomic mass is 10.2. The highest BCUT2D eigenvalue weighted by atomic mass is 32.2. The van der Waals surface area contributed by atoms with Gasteiger partial charge in [0, 0.05) is 17.8 Å². The van der Waals surface area contributed by atoms with Gasteiger partial charge in [-0.15, -0.1) is 0 Å². The van der Waals surface area contributed by atoms with Crippen molar-refractivity contribution in [1.29, 1.82) is 0 Å². The minimum absolute atomic E-state index is 0.0104. The Hall–Kier alpha value is -1.79. The number of aromatic nitrogens is 1. The first-order valence-corrected chi connectivity index (χ1v) is 9.25. The molecule has 2 aromatic rings. The Balaban J connectivity index is 1.90. The van der Waals surface area contributed by atoms with Crippen LogP contribution in [-0.4, -0.2) is 23.7 Å². The Morgan fingerprint density at radius 1 is 1.22 bits per heavy atom. The predicted molar refractivity (Wildman–Crippen MR) is 86.5 cm³/mol. The van der Waals surface area contributed by atoms with Crippen molar-refractivity contribution in [2.45, 2.75) is 37.6 Å². The molecule has 1 aromatic carbocycles. The van der Waals surface area contributed by atoms with Crippen LogP contribution < -0.4 is 0 Å². The molecule has 3 rings (SSSR count). The Morgan fingerprint density at radius 2 is 1.91 bits per heavy atom. The summed E-state index contributed by atoms with van der Waals surface area (Å²) in [6.45, 7) is 1.83. The molecular formula is C17H19FN2O2S. The van der Waals surface area contributed by atoms with E-state index in [0.717, 1.165) is 12.8 Å². The summed E-state index contributed by atoms with van der Waals surface area (Å²) >= 11 is 0. The Morgan fingerprint density at radius 3 is 2.52 bits per heavy atom. The highest BCUT2D eigenvalue weighted by Gasteiger charge is 2.41. The molecule has 1 atom stereocenters. The van der Waals surface area contributed by atoms with Crippen molar-refractivity contribution in [2.24, 2.45) is 0 Å². The molecule has 1 aliphatic carbocycles. The number of halogens is 1. The van der Waals surface area contributed by atoms with Crippen LogP contribution in [0.5, 0.6) is 0 Å². The predicted octanol–water partition coefficient (Wildman–Crippen LogP) is 3.28. The number of sulfonamides is 1. The summed E-state index contributed by atoms with van der Waals surface area (Å²) in [4.78, 5) is 4.27. The summed E-state index contributed by atoms with van der Waals surface area (Å²) in [7, 11) is -3.63. The van der Waals surface area contributed by atoms with Gasteiger partial charge >= 0.3 is 0 Å². The molecule has 1 aliphatic rings. The van der Waals surface area contributed by atoms with Gasteiger partial charge < -0.3 is 0 Å². The number of hydrogen-bond acceptors (Lipinski definition) is 3. The average Bonchev–Trinajstić information content (AvgIpc) is 3.35. The summed E-state index contributed by atoms with van der Waals surface area (Å²) in [6, 6.07) is 11.1. The zero-order valence-electron chi connectivity index (χ0n) is 12.9. The van der Waals surface area contributed by atoms with Gasteiger partial charge in [0.15, 0.2) is 0 Å². The molecule has 0 saturated heterocycles. The van der Waals surface area contributed by atoms with Crippen LogP contribution in [0.25, 0.3) is 0 Å². The van der Waals surface area contributed by atoms with E-state index in [1.54, 1.807) is 24.4 Å². The lowest BCUT2D eigenvalue weighted by molar-refractivity contribution is 0.328. The number of nitrogens with zero attached hydrogens (tertiary/aromatic N) is 2. The van der Waals surface area contributed by atoms with Gasteiger partial charge in [0.1, 0.15) is 5.82 Å². The summed E-state index contributed by atoms with van der Waals surface area (Å²) in [6.07, 6.45) is 3.34. The highest BCUT2D eigenvalue weighted by molar-refractivity contribution is 7.88. The molecule has 4 nitrogen and oxygen atoms in total. The van der Waals surface area contributed by atoms with E-state index in [0.29, 0.717) is 5.69 Å². The quantitative estimate of drug-likeness (QED) is 0.814. The molecule has 6 heteroatoms. The molecule has 1 aromatic heterocycles. The maximum absolute atomic E-state index is 13.8. The molecule has 0 bridgehead atoms. The Bertz CT molecular complexity index is 776. The van der Waals surface area contributed by atoms with Crippen LogP contribution in [-0.2, 0) is 15.8 Å². The van der Waals surface area contributed by atoms with Crippen molar-refractivity contribution in [3.63, 3.8) is 0 Å². The smallest absolute Gasteiger partial charge is 0.219 e. The maximum Gasteiger partial charge on any atom is 0.219 e. The van der Waals surface area contributed by atoms with E-state index in [2.05, 4.69) is 4.98 Å². The van der Waals surface area contributed by atoms with Gasteiger partial charge in [-0.3, -0.25) is 4.98 Å². The lowest BCUT2D eigenvalue weighted by Crippen LogP contribution is -2.36. The van der Waals surface area contributed by atoms with E-state index in [4.69, 9.17) is 0 Å². The van der Waals surface area contributed by atoms with Crippen molar-refractivity contribution < 1.29 is 12.8 Å². The monoisotopic (exact) mass is 334 g/mol. The largest absolute Gasteiger partial charge is 0.260 e. The summed E-state index contributed by atoms with van der Waals surface area (Å²) in [5.74, 6) is -0.815. The van der Waals surface area contributed by atoms with Gasteiger partial charge in [0.2, 0.25) is 10.0 Å². The molecule has 122 valence electrons. The third-order valence-corrected chi connectivity index (χ3v) is 5.95. The van der Waals surface area contributed by atoms with Crippen molar-refractivity contribution >= 4 is 10.0 Å². The molecule has 23 heavy (non-hydrogen) atoms. The van der Waals surface area contributed by atoms with Gasteiger partial charge in [-0.2, -0.15) is 4.31 Å². The first-order valence-electron chi connectivity index (χ1n) is 7.64. The van der Waals surface area contributed by atoms with Crippen molar-refractivity contribution in [3.8, 4) is 0 Å². The third-order valence-electron chi connectivity index (χ3n) is 4.02. The van der Waals surface area contributed by atoms with Gasteiger partial charge in [-0.1, -0.05) is 24.3 Å². The SMILES string of the molecule is C[C@H](c1ccccn1)N(C1CC1)S(=O)(=O)Cc1ccccc1F. The van der Waals surface area contributed by atoms with Gasteiger partial charge in [0.05, 0.1) is 17.5 Å². The topological polar surface area (TPSA) is 50.3 Å². The normalized spacial score (nSPS) is 16.5. The second-order valence-electron chi connectivity index (χ2n) is 5.84. The van der Waals surface area contributed by atoms with Gasteiger partial charge in [0.25, 0.3) is 0 Å². The van der Waals surface area contributed by atoms with Crippen molar-refractivity contribution in [1.82, 2.24) is 9.29 Å². The van der Waals surface area contributed by atoms with E-state index < -0.39 is 15.8 Å². The van der Waals surface area contributed by atoms with E-state index in [1.165, 1.54) is 16.4 Å². The standard InChI is InChI=1S/C17H19FN2O2S/c1-13(17-8-4-5-11-19-17)20(15-9-10-15)23(21,22)12-14-6-2-3-7-16(14)18/h2-8,11,13,15H,9-10,12H2,1H3/t13-/m1/s1. The second kappa shape index (κ2) is 6.37. The van der Waals surface area contributed by atoms with Crippen LogP contribution in [0, 0.1) is 5.82 Å². The second-order valence-corrected chi connectivity index (χ2v) is 7.71. The van der Waals surface area contributed by atoms with E-state index >= 15 is 0 Å². The highest BCUT2D eigenvalue weighted by Crippen LogP contribution is 2.37. The van der Waals surface area contributed by atoms with E-state index in [-0.39, 0.29) is 23.4 Å². The van der Waals surface area contributed by atoms with Crippen LogP contribution in [0.3, 0.4) is 0 Å². The molecule has 1 saturated carbocycles. The zero-order chi connectivity index (χ0) is 16.4. The number of hydrogen-bond donors (Lipinski definition) is 0. The maximum atomic E-state index is 13.8. The molecular weight excluding hydrogens is 315 g/mol. The molecule has 0 aliphatic heterocycles. The lowest BCUT2D eigenvalue weighted by Gasteiger charge is -2.28. The summed E-state index contributed by atoms with van der Waals surface area (Å²) in [5, 5.41) is 0. The Kier molecular flexibility index (Phi) is 4.46. The van der Waals surface area contributed by atoms with Crippen LogP contribution in [0.15, 0.2) is 48.7 Å². The van der Waals surface area contributed by atoms with Crippen molar-refractivity contribution in [2.75, 3.05) is 0 Å². The van der Waals surface area contributed by atoms with Crippen LogP contribution in [0.2, 0.25) is 0 Å². The molecule has 0 spiro atoms. The molecule has 1 fully saturated rings. The van der Waals surface area contributed by atoms with Crippen molar-refractivity contribution in [3.05, 3.63) is 65.7 Å².